The van der Waals surface area contributed by atoms with Crippen molar-refractivity contribution >= 4 is 22.2 Å². The van der Waals surface area contributed by atoms with E-state index in [-0.39, 0.29) is 12.2 Å². The van der Waals surface area contributed by atoms with E-state index in [4.69, 9.17) is 0 Å². The van der Waals surface area contributed by atoms with E-state index in [0.717, 1.165) is 11.8 Å². The van der Waals surface area contributed by atoms with Crippen LogP contribution in [-0.4, -0.2) is 11.4 Å². The third-order valence-corrected chi connectivity index (χ3v) is 2.40. The number of halogens is 1. The van der Waals surface area contributed by atoms with E-state index in [1.165, 1.54) is 0 Å². The van der Waals surface area contributed by atoms with E-state index in [2.05, 4.69) is 15.9 Å². The average molecular weight is 229 g/mol. The normalized spacial score (nSPS) is 9.83. The van der Waals surface area contributed by atoms with Gasteiger partial charge in [-0.25, -0.2) is 0 Å². The lowest BCUT2D eigenvalue weighted by Gasteiger charge is -2.06. The van der Waals surface area contributed by atoms with Crippen LogP contribution in [0.3, 0.4) is 0 Å². The van der Waals surface area contributed by atoms with Gasteiger partial charge in [-0.3, -0.25) is 0 Å². The van der Waals surface area contributed by atoms with Gasteiger partial charge in [-0.15, -0.1) is 0 Å². The molecule has 0 heterocycles. The topological polar surface area (TPSA) is 37.3 Å². The molecule has 0 saturated carbocycles. The van der Waals surface area contributed by atoms with Crippen molar-refractivity contribution in [1.82, 2.24) is 0 Å². The van der Waals surface area contributed by atoms with Gasteiger partial charge < -0.3 is 9.90 Å². The van der Waals surface area contributed by atoms with E-state index < -0.39 is 0 Å². The molecule has 12 heavy (non-hydrogen) atoms. The molecule has 0 saturated heterocycles. The van der Waals surface area contributed by atoms with Gasteiger partial charge in [0.05, 0.1) is 4.47 Å². The molecule has 1 rings (SSSR count). The maximum Gasteiger partial charge on any atom is 0.133 e. The van der Waals surface area contributed by atoms with Crippen molar-refractivity contribution in [2.45, 2.75) is 13.3 Å². The van der Waals surface area contributed by atoms with Crippen LogP contribution < -0.4 is 0 Å². The zero-order valence-corrected chi connectivity index (χ0v) is 8.26. The molecule has 3 heteroatoms. The molecular weight excluding hydrogens is 220 g/mol. The van der Waals surface area contributed by atoms with Gasteiger partial charge in [0.15, 0.2) is 0 Å². The molecule has 0 fully saturated rings. The highest BCUT2D eigenvalue weighted by Gasteiger charge is 2.07. The van der Waals surface area contributed by atoms with Crippen molar-refractivity contribution in [2.75, 3.05) is 0 Å². The Balaban J connectivity index is 3.22. The van der Waals surface area contributed by atoms with Crippen LogP contribution in [0, 0.1) is 6.92 Å². The summed E-state index contributed by atoms with van der Waals surface area (Å²) in [6.07, 6.45) is 1.05. The number of carbonyl (C=O) groups is 1. The zero-order valence-electron chi connectivity index (χ0n) is 6.67. The van der Waals surface area contributed by atoms with Crippen LogP contribution in [0.4, 0.5) is 0 Å². The molecule has 1 N–H and O–H groups in total. The minimum absolute atomic E-state index is 0.169. The predicted molar refractivity (Wildman–Crippen MR) is 50.3 cm³/mol. The van der Waals surface area contributed by atoms with Crippen LogP contribution in [0.15, 0.2) is 16.6 Å². The Bertz CT molecular complexity index is 308. The van der Waals surface area contributed by atoms with Gasteiger partial charge in [0.25, 0.3) is 0 Å². The van der Waals surface area contributed by atoms with Gasteiger partial charge in [0, 0.05) is 12.0 Å². The van der Waals surface area contributed by atoms with Gasteiger partial charge in [-0.2, -0.15) is 0 Å². The summed E-state index contributed by atoms with van der Waals surface area (Å²) in [5, 5.41) is 9.50. The Hall–Kier alpha value is -0.830. The first-order valence-electron chi connectivity index (χ1n) is 3.57. The van der Waals surface area contributed by atoms with Crippen LogP contribution in [0.1, 0.15) is 11.1 Å². The molecule has 1 aromatic carbocycles. The molecule has 0 aliphatic carbocycles. The van der Waals surface area contributed by atoms with E-state index in [0.29, 0.717) is 10.0 Å². The molecule has 0 unspecified atom stereocenters. The van der Waals surface area contributed by atoms with E-state index in [1.807, 2.05) is 13.0 Å². The molecule has 0 aromatic heterocycles. The monoisotopic (exact) mass is 228 g/mol. The van der Waals surface area contributed by atoms with Gasteiger partial charge in [-0.05, 0) is 34.5 Å². The molecule has 0 aliphatic heterocycles. The maximum absolute atomic E-state index is 10.3. The minimum Gasteiger partial charge on any atom is -0.506 e. The Morgan fingerprint density at radius 2 is 2.25 bits per heavy atom. The summed E-state index contributed by atoms with van der Waals surface area (Å²) in [4.78, 5) is 10.3. The SMILES string of the molecule is Cc1ccc(Br)c(O)c1CC=O. The molecule has 0 bridgehead atoms. The largest absolute Gasteiger partial charge is 0.506 e. The summed E-state index contributed by atoms with van der Waals surface area (Å²) >= 11 is 3.18. The second-order valence-electron chi connectivity index (χ2n) is 2.56. The van der Waals surface area contributed by atoms with Crippen molar-refractivity contribution in [1.29, 1.82) is 0 Å². The number of carbonyl (C=O) groups excluding carboxylic acids is 1. The molecule has 0 spiro atoms. The van der Waals surface area contributed by atoms with E-state index in [1.54, 1.807) is 6.07 Å². The molecule has 2 nitrogen and oxygen atoms in total. The number of phenolic OH excluding ortho intramolecular Hbond substituents is 1. The second-order valence-corrected chi connectivity index (χ2v) is 3.42. The van der Waals surface area contributed by atoms with Gasteiger partial charge in [0.2, 0.25) is 0 Å². The predicted octanol–water partition coefficient (Wildman–Crippen LogP) is 2.20. The fourth-order valence-electron chi connectivity index (χ4n) is 1.05. The number of phenols is 1. The van der Waals surface area contributed by atoms with Crippen LogP contribution >= 0.6 is 15.9 Å². The smallest absolute Gasteiger partial charge is 0.133 e. The summed E-state index contributed by atoms with van der Waals surface area (Å²) in [7, 11) is 0. The van der Waals surface area contributed by atoms with Crippen molar-refractivity contribution in [2.24, 2.45) is 0 Å². The van der Waals surface area contributed by atoms with Gasteiger partial charge in [-0.1, -0.05) is 6.07 Å². The Labute approximate surface area is 79.3 Å². The third-order valence-electron chi connectivity index (χ3n) is 1.76. The van der Waals surface area contributed by atoms with Gasteiger partial charge in [0.1, 0.15) is 12.0 Å². The van der Waals surface area contributed by atoms with Crippen molar-refractivity contribution in [3.8, 4) is 5.75 Å². The number of hydrogen-bond acceptors (Lipinski definition) is 2. The minimum atomic E-state index is 0.169. The summed E-state index contributed by atoms with van der Waals surface area (Å²) in [5.41, 5.74) is 1.63. The number of rotatable bonds is 2. The van der Waals surface area contributed by atoms with E-state index >= 15 is 0 Å². The average Bonchev–Trinajstić information content (AvgIpc) is 2.06. The second kappa shape index (κ2) is 3.72. The van der Waals surface area contributed by atoms with Gasteiger partial charge >= 0.3 is 0 Å². The molecule has 1 aromatic rings. The first-order chi connectivity index (χ1) is 5.66. The number of aldehydes is 1. The zero-order chi connectivity index (χ0) is 9.14. The Kier molecular flexibility index (Phi) is 2.87. The molecular formula is C9H9BrO2. The van der Waals surface area contributed by atoms with Crippen LogP contribution in [-0.2, 0) is 11.2 Å². The maximum atomic E-state index is 10.3. The Morgan fingerprint density at radius 1 is 1.58 bits per heavy atom. The lowest BCUT2D eigenvalue weighted by molar-refractivity contribution is -0.107. The number of benzene rings is 1. The molecule has 0 atom stereocenters. The first kappa shape index (κ1) is 9.26. The van der Waals surface area contributed by atoms with Crippen molar-refractivity contribution in [3.63, 3.8) is 0 Å². The lowest BCUT2D eigenvalue weighted by Crippen LogP contribution is -1.91. The molecule has 64 valence electrons. The number of aromatic hydroxyl groups is 1. The molecule has 0 aliphatic rings. The highest BCUT2D eigenvalue weighted by molar-refractivity contribution is 9.10. The van der Waals surface area contributed by atoms with Crippen LogP contribution in [0.2, 0.25) is 0 Å². The number of hydrogen-bond donors (Lipinski definition) is 1. The molecule has 0 radical (unpaired) electrons. The fraction of sp³-hybridized carbons (Fsp3) is 0.222. The summed E-state index contributed by atoms with van der Waals surface area (Å²) in [5.74, 6) is 0.169. The first-order valence-corrected chi connectivity index (χ1v) is 4.36. The van der Waals surface area contributed by atoms with Crippen LogP contribution in [0.5, 0.6) is 5.75 Å². The van der Waals surface area contributed by atoms with Crippen molar-refractivity contribution < 1.29 is 9.90 Å². The van der Waals surface area contributed by atoms with Crippen LogP contribution in [0.25, 0.3) is 0 Å². The summed E-state index contributed by atoms with van der Waals surface area (Å²) in [6.45, 7) is 1.87. The third kappa shape index (κ3) is 1.67. The highest BCUT2D eigenvalue weighted by atomic mass is 79.9. The summed E-state index contributed by atoms with van der Waals surface area (Å²) in [6, 6.07) is 3.63. The standard InChI is InChI=1S/C9H9BrO2/c1-6-2-3-8(10)9(12)7(6)4-5-11/h2-3,5,12H,4H2,1H3. The number of aryl methyl sites for hydroxylation is 1. The van der Waals surface area contributed by atoms with E-state index in [9.17, 15) is 9.90 Å². The lowest BCUT2D eigenvalue weighted by atomic mass is 10.1. The highest BCUT2D eigenvalue weighted by Crippen LogP contribution is 2.29. The fourth-order valence-corrected chi connectivity index (χ4v) is 1.42. The van der Waals surface area contributed by atoms with Crippen molar-refractivity contribution in [3.05, 3.63) is 27.7 Å². The summed E-state index contributed by atoms with van der Waals surface area (Å²) < 4.78 is 0.630. The molecule has 0 amide bonds. The Morgan fingerprint density at radius 3 is 2.83 bits per heavy atom. The quantitative estimate of drug-likeness (QED) is 0.789.